The third-order valence-electron chi connectivity index (χ3n) is 2.65. The molecule has 100 valence electrons. The highest BCUT2D eigenvalue weighted by atomic mass is 35.5. The number of aryl methyl sites for hydroxylation is 1. The third-order valence-corrected chi connectivity index (χ3v) is 2.97. The van der Waals surface area contributed by atoms with Gasteiger partial charge in [0.05, 0.1) is 10.6 Å². The predicted octanol–water partition coefficient (Wildman–Crippen LogP) is 3.78. The van der Waals surface area contributed by atoms with Crippen molar-refractivity contribution in [2.75, 3.05) is 0 Å². The van der Waals surface area contributed by atoms with Gasteiger partial charge in [-0.3, -0.25) is 0 Å². The van der Waals surface area contributed by atoms with Gasteiger partial charge in [-0.2, -0.15) is 0 Å². The lowest BCUT2D eigenvalue weighted by Gasteiger charge is -2.03. The minimum Gasteiger partial charge on any atom is -0.477 e. The molecule has 2 aromatic rings. The van der Waals surface area contributed by atoms with Gasteiger partial charge in [0.2, 0.25) is 0 Å². The van der Waals surface area contributed by atoms with E-state index in [1.165, 1.54) is 18.2 Å². The Hall–Kier alpha value is -1.88. The van der Waals surface area contributed by atoms with Crippen molar-refractivity contribution in [1.29, 1.82) is 0 Å². The number of aromatic nitrogens is 1. The summed E-state index contributed by atoms with van der Waals surface area (Å²) in [7, 11) is 0. The second kappa shape index (κ2) is 5.40. The van der Waals surface area contributed by atoms with E-state index in [1.54, 1.807) is 0 Å². The molecule has 0 saturated heterocycles. The lowest BCUT2D eigenvalue weighted by Crippen LogP contribution is -2.02. The van der Waals surface area contributed by atoms with Crippen LogP contribution >= 0.6 is 11.6 Å². The lowest BCUT2D eigenvalue weighted by atomic mass is 10.0. The number of benzene rings is 1. The number of aromatic carboxylic acids is 1. The van der Waals surface area contributed by atoms with Gasteiger partial charge in [0.15, 0.2) is 5.76 Å². The topological polar surface area (TPSA) is 63.3 Å². The van der Waals surface area contributed by atoms with Crippen LogP contribution in [0.25, 0.3) is 11.3 Å². The zero-order valence-electron chi connectivity index (χ0n) is 10.1. The van der Waals surface area contributed by atoms with Crippen LogP contribution in [0.15, 0.2) is 22.7 Å². The fraction of sp³-hybridized carbons (Fsp3) is 0.231. The Balaban J connectivity index is 2.66. The third kappa shape index (κ3) is 2.46. The van der Waals surface area contributed by atoms with Crippen LogP contribution in [0.4, 0.5) is 4.39 Å². The highest BCUT2D eigenvalue weighted by Crippen LogP contribution is 2.33. The van der Waals surface area contributed by atoms with Gasteiger partial charge in [-0.1, -0.05) is 29.7 Å². The van der Waals surface area contributed by atoms with E-state index in [-0.39, 0.29) is 27.6 Å². The first-order valence-electron chi connectivity index (χ1n) is 5.72. The van der Waals surface area contributed by atoms with E-state index in [1.807, 2.05) is 6.92 Å². The maximum Gasteiger partial charge on any atom is 0.341 e. The minimum absolute atomic E-state index is 0.0485. The first kappa shape index (κ1) is 13.5. The van der Waals surface area contributed by atoms with E-state index in [9.17, 15) is 14.3 Å². The quantitative estimate of drug-likeness (QED) is 0.927. The van der Waals surface area contributed by atoms with E-state index >= 15 is 0 Å². The molecule has 0 radical (unpaired) electrons. The van der Waals surface area contributed by atoms with Gasteiger partial charge in [-0.15, -0.1) is 0 Å². The van der Waals surface area contributed by atoms with Crippen molar-refractivity contribution >= 4 is 17.6 Å². The summed E-state index contributed by atoms with van der Waals surface area (Å²) in [5.41, 5.74) is -0.249. The minimum atomic E-state index is -1.21. The molecule has 0 aliphatic carbocycles. The first-order valence-corrected chi connectivity index (χ1v) is 6.10. The molecular formula is C13H11ClFNO3. The smallest absolute Gasteiger partial charge is 0.341 e. The Labute approximate surface area is 113 Å². The van der Waals surface area contributed by atoms with Gasteiger partial charge in [0.25, 0.3) is 0 Å². The number of carboxylic acid groups (broad SMARTS) is 1. The molecule has 0 amide bonds. The number of rotatable bonds is 4. The van der Waals surface area contributed by atoms with E-state index in [4.69, 9.17) is 16.1 Å². The summed E-state index contributed by atoms with van der Waals surface area (Å²) >= 11 is 5.91. The number of carboxylic acids is 1. The molecule has 2 rings (SSSR count). The molecule has 1 N–H and O–H groups in total. The zero-order valence-corrected chi connectivity index (χ0v) is 10.9. The Morgan fingerprint density at radius 3 is 2.84 bits per heavy atom. The maximum absolute atomic E-state index is 13.8. The number of carbonyl (C=O) groups is 1. The Morgan fingerprint density at radius 1 is 1.53 bits per heavy atom. The summed E-state index contributed by atoms with van der Waals surface area (Å²) in [6, 6.07) is 4.11. The van der Waals surface area contributed by atoms with Crippen LogP contribution in [-0.2, 0) is 6.42 Å². The predicted molar refractivity (Wildman–Crippen MR) is 67.9 cm³/mol. The van der Waals surface area contributed by atoms with Crippen LogP contribution in [0.2, 0.25) is 5.02 Å². The average molecular weight is 284 g/mol. The highest BCUT2D eigenvalue weighted by Gasteiger charge is 2.26. The molecule has 1 aromatic heterocycles. The zero-order chi connectivity index (χ0) is 14.0. The number of hydrogen-bond acceptors (Lipinski definition) is 3. The van der Waals surface area contributed by atoms with Gasteiger partial charge >= 0.3 is 5.97 Å². The van der Waals surface area contributed by atoms with E-state index in [0.29, 0.717) is 12.8 Å². The Kier molecular flexibility index (Phi) is 3.85. The number of nitrogens with zero attached hydrogens (tertiary/aromatic N) is 1. The van der Waals surface area contributed by atoms with Crippen LogP contribution in [0.1, 0.15) is 29.5 Å². The SMILES string of the molecule is CCCc1onc(-c2c(F)cccc2Cl)c1C(=O)O. The van der Waals surface area contributed by atoms with Crippen LogP contribution in [0.5, 0.6) is 0 Å². The molecule has 0 bridgehead atoms. The van der Waals surface area contributed by atoms with Crippen molar-refractivity contribution in [3.05, 3.63) is 40.4 Å². The van der Waals surface area contributed by atoms with Crippen molar-refractivity contribution < 1.29 is 18.8 Å². The molecule has 0 spiro atoms. The van der Waals surface area contributed by atoms with Crippen molar-refractivity contribution in [2.45, 2.75) is 19.8 Å². The molecule has 6 heteroatoms. The second-order valence-corrected chi connectivity index (χ2v) is 4.39. The molecule has 0 aliphatic heterocycles. The van der Waals surface area contributed by atoms with E-state index in [2.05, 4.69) is 5.16 Å². The fourth-order valence-corrected chi connectivity index (χ4v) is 2.09. The van der Waals surface area contributed by atoms with Gasteiger partial charge in [-0.05, 0) is 18.6 Å². The average Bonchev–Trinajstić information content (AvgIpc) is 2.73. The molecule has 0 aliphatic rings. The summed E-state index contributed by atoms with van der Waals surface area (Å²) < 4.78 is 18.8. The molecule has 1 aromatic carbocycles. The highest BCUT2D eigenvalue weighted by molar-refractivity contribution is 6.33. The largest absolute Gasteiger partial charge is 0.477 e. The van der Waals surface area contributed by atoms with E-state index < -0.39 is 11.8 Å². The lowest BCUT2D eigenvalue weighted by molar-refractivity contribution is 0.0695. The Bertz CT molecular complexity index is 604. The van der Waals surface area contributed by atoms with E-state index in [0.717, 1.165) is 0 Å². The molecule has 4 nitrogen and oxygen atoms in total. The Morgan fingerprint density at radius 2 is 2.26 bits per heavy atom. The number of halogens is 2. The van der Waals surface area contributed by atoms with Gasteiger partial charge < -0.3 is 9.63 Å². The summed E-state index contributed by atoms with van der Waals surface area (Å²) in [6.07, 6.45) is 1.11. The molecule has 1 heterocycles. The molecule has 0 unspecified atom stereocenters. The molecule has 0 saturated carbocycles. The molecule has 0 atom stereocenters. The number of hydrogen-bond donors (Lipinski definition) is 1. The normalized spacial score (nSPS) is 10.7. The summed E-state index contributed by atoms with van der Waals surface area (Å²) in [4.78, 5) is 11.3. The summed E-state index contributed by atoms with van der Waals surface area (Å²) in [5.74, 6) is -1.62. The van der Waals surface area contributed by atoms with Gasteiger partial charge in [0, 0.05) is 6.42 Å². The van der Waals surface area contributed by atoms with Crippen LogP contribution in [0.3, 0.4) is 0 Å². The first-order chi connectivity index (χ1) is 9.06. The molecule has 19 heavy (non-hydrogen) atoms. The van der Waals surface area contributed by atoms with Crippen molar-refractivity contribution in [2.24, 2.45) is 0 Å². The monoisotopic (exact) mass is 283 g/mol. The van der Waals surface area contributed by atoms with Crippen molar-refractivity contribution in [3.8, 4) is 11.3 Å². The van der Waals surface area contributed by atoms with Gasteiger partial charge in [0.1, 0.15) is 17.1 Å². The fourth-order valence-electron chi connectivity index (χ4n) is 1.84. The molecular weight excluding hydrogens is 273 g/mol. The van der Waals surface area contributed by atoms with Crippen LogP contribution in [0, 0.1) is 5.82 Å². The van der Waals surface area contributed by atoms with Crippen LogP contribution < -0.4 is 0 Å². The molecule has 0 fully saturated rings. The van der Waals surface area contributed by atoms with Crippen molar-refractivity contribution in [1.82, 2.24) is 5.16 Å². The van der Waals surface area contributed by atoms with Crippen molar-refractivity contribution in [3.63, 3.8) is 0 Å². The summed E-state index contributed by atoms with van der Waals surface area (Å²) in [5, 5.41) is 13.0. The van der Waals surface area contributed by atoms with Gasteiger partial charge in [-0.25, -0.2) is 9.18 Å². The summed E-state index contributed by atoms with van der Waals surface area (Å²) in [6.45, 7) is 1.88. The van der Waals surface area contributed by atoms with Crippen LogP contribution in [-0.4, -0.2) is 16.2 Å². The second-order valence-electron chi connectivity index (χ2n) is 3.98. The standard InChI is InChI=1S/C13H11ClFNO3/c1-2-4-9-11(13(17)18)12(16-19-9)10-7(14)5-3-6-8(10)15/h3,5-6H,2,4H2,1H3,(H,17,18). The maximum atomic E-state index is 13.8.